The molecule has 106 valence electrons. The van der Waals surface area contributed by atoms with E-state index in [-0.39, 0.29) is 11.6 Å². The third-order valence-corrected chi connectivity index (χ3v) is 3.28. The first-order valence-electron chi connectivity index (χ1n) is 6.49. The molecule has 0 radical (unpaired) electrons. The van der Waals surface area contributed by atoms with Gasteiger partial charge in [0.2, 0.25) is 0 Å². The summed E-state index contributed by atoms with van der Waals surface area (Å²) in [6, 6.07) is 11.3. The smallest absolute Gasteiger partial charge is 0.258 e. The highest BCUT2D eigenvalue weighted by Crippen LogP contribution is 2.28. The van der Waals surface area contributed by atoms with E-state index in [4.69, 9.17) is 4.52 Å². The van der Waals surface area contributed by atoms with E-state index < -0.39 is 0 Å². The van der Waals surface area contributed by atoms with Crippen LogP contribution in [0.5, 0.6) is 5.75 Å². The molecule has 0 saturated heterocycles. The van der Waals surface area contributed by atoms with Crippen molar-refractivity contribution in [1.82, 2.24) is 10.1 Å². The molecule has 3 aromatic rings. The number of hydrogen-bond donors (Lipinski definition) is 1. The SMILES string of the molecule is Cc1c(O)cccc1-c1nc(Cc2ccc(F)cc2)no1. The number of halogens is 1. The summed E-state index contributed by atoms with van der Waals surface area (Å²) < 4.78 is 18.1. The van der Waals surface area contributed by atoms with Crippen molar-refractivity contribution in [2.75, 3.05) is 0 Å². The fraction of sp³-hybridized carbons (Fsp3) is 0.125. The molecule has 3 rings (SSSR count). The quantitative estimate of drug-likeness (QED) is 0.800. The highest BCUT2D eigenvalue weighted by Gasteiger charge is 2.13. The largest absolute Gasteiger partial charge is 0.508 e. The Balaban J connectivity index is 1.86. The molecule has 0 bridgehead atoms. The van der Waals surface area contributed by atoms with E-state index in [1.807, 2.05) is 6.07 Å². The van der Waals surface area contributed by atoms with Gasteiger partial charge < -0.3 is 9.63 Å². The zero-order valence-electron chi connectivity index (χ0n) is 11.4. The summed E-state index contributed by atoms with van der Waals surface area (Å²) in [5.74, 6) is 0.786. The summed E-state index contributed by atoms with van der Waals surface area (Å²) >= 11 is 0. The molecule has 5 heteroatoms. The van der Waals surface area contributed by atoms with Crippen molar-refractivity contribution in [2.24, 2.45) is 0 Å². The second kappa shape index (κ2) is 5.36. The normalized spacial score (nSPS) is 10.8. The van der Waals surface area contributed by atoms with E-state index >= 15 is 0 Å². The predicted octanol–water partition coefficient (Wildman–Crippen LogP) is 3.48. The zero-order chi connectivity index (χ0) is 14.8. The maximum Gasteiger partial charge on any atom is 0.258 e. The molecule has 21 heavy (non-hydrogen) atoms. The molecule has 0 aliphatic rings. The van der Waals surface area contributed by atoms with Crippen LogP contribution in [0.2, 0.25) is 0 Å². The van der Waals surface area contributed by atoms with E-state index in [1.165, 1.54) is 12.1 Å². The first-order valence-corrected chi connectivity index (χ1v) is 6.49. The average Bonchev–Trinajstić information content (AvgIpc) is 2.93. The molecule has 0 atom stereocenters. The number of phenolic OH excluding ortho intramolecular Hbond substituents is 1. The molecule has 0 amide bonds. The van der Waals surface area contributed by atoms with Gasteiger partial charge in [-0.15, -0.1) is 0 Å². The molecular formula is C16H13FN2O2. The summed E-state index contributed by atoms with van der Waals surface area (Å²) in [6.07, 6.45) is 0.460. The molecule has 0 fully saturated rings. The van der Waals surface area contributed by atoms with Crippen LogP contribution in [0.15, 0.2) is 47.0 Å². The van der Waals surface area contributed by atoms with Crippen molar-refractivity contribution >= 4 is 0 Å². The molecular weight excluding hydrogens is 271 g/mol. The Kier molecular flexibility index (Phi) is 3.39. The van der Waals surface area contributed by atoms with Crippen LogP contribution in [-0.2, 0) is 6.42 Å². The van der Waals surface area contributed by atoms with Gasteiger partial charge in [0, 0.05) is 17.5 Å². The minimum Gasteiger partial charge on any atom is -0.508 e. The molecule has 1 heterocycles. The topological polar surface area (TPSA) is 59.2 Å². The minimum absolute atomic E-state index is 0.186. The van der Waals surface area contributed by atoms with Gasteiger partial charge in [0.25, 0.3) is 5.89 Å². The van der Waals surface area contributed by atoms with Gasteiger partial charge in [0.05, 0.1) is 0 Å². The molecule has 0 spiro atoms. The third kappa shape index (κ3) is 2.76. The van der Waals surface area contributed by atoms with Crippen LogP contribution in [0.25, 0.3) is 11.5 Å². The number of aromatic nitrogens is 2. The van der Waals surface area contributed by atoms with Crippen LogP contribution in [0.4, 0.5) is 4.39 Å². The summed E-state index contributed by atoms with van der Waals surface area (Å²) in [4.78, 5) is 4.32. The molecule has 0 aliphatic heterocycles. The van der Waals surface area contributed by atoms with Crippen LogP contribution in [0.1, 0.15) is 17.0 Å². The minimum atomic E-state index is -0.275. The second-order valence-electron chi connectivity index (χ2n) is 4.77. The van der Waals surface area contributed by atoms with Crippen molar-refractivity contribution in [1.29, 1.82) is 0 Å². The van der Waals surface area contributed by atoms with Gasteiger partial charge >= 0.3 is 0 Å². The van der Waals surface area contributed by atoms with Crippen LogP contribution in [0.3, 0.4) is 0 Å². The van der Waals surface area contributed by atoms with Crippen LogP contribution < -0.4 is 0 Å². The molecule has 1 N–H and O–H groups in total. The number of phenols is 1. The Morgan fingerprint density at radius 1 is 1.14 bits per heavy atom. The lowest BCUT2D eigenvalue weighted by Gasteiger charge is -2.01. The van der Waals surface area contributed by atoms with Gasteiger partial charge in [-0.2, -0.15) is 4.98 Å². The summed E-state index contributed by atoms with van der Waals surface area (Å²) in [5, 5.41) is 13.6. The van der Waals surface area contributed by atoms with E-state index in [9.17, 15) is 9.50 Å². The molecule has 2 aromatic carbocycles. The fourth-order valence-electron chi connectivity index (χ4n) is 2.08. The Bertz CT molecular complexity index is 766. The van der Waals surface area contributed by atoms with E-state index in [0.717, 1.165) is 5.56 Å². The van der Waals surface area contributed by atoms with Crippen LogP contribution in [0, 0.1) is 12.7 Å². The maximum absolute atomic E-state index is 12.9. The van der Waals surface area contributed by atoms with Gasteiger partial charge in [0.15, 0.2) is 5.82 Å². The Hall–Kier alpha value is -2.69. The monoisotopic (exact) mass is 284 g/mol. The lowest BCUT2D eigenvalue weighted by Crippen LogP contribution is -1.91. The highest BCUT2D eigenvalue weighted by atomic mass is 19.1. The van der Waals surface area contributed by atoms with Crippen LogP contribution in [-0.4, -0.2) is 15.2 Å². The Labute approximate surface area is 120 Å². The van der Waals surface area contributed by atoms with Gasteiger partial charge in [0.1, 0.15) is 11.6 Å². The van der Waals surface area contributed by atoms with E-state index in [2.05, 4.69) is 10.1 Å². The molecule has 0 saturated carbocycles. The third-order valence-electron chi connectivity index (χ3n) is 3.28. The first-order chi connectivity index (χ1) is 10.1. The van der Waals surface area contributed by atoms with Crippen LogP contribution >= 0.6 is 0 Å². The fourth-order valence-corrected chi connectivity index (χ4v) is 2.08. The standard InChI is InChI=1S/C16H13FN2O2/c1-10-13(3-2-4-14(10)20)16-18-15(19-21-16)9-11-5-7-12(17)8-6-11/h2-8,20H,9H2,1H3. The van der Waals surface area contributed by atoms with Crippen molar-refractivity contribution in [2.45, 2.75) is 13.3 Å². The average molecular weight is 284 g/mol. The molecule has 0 aliphatic carbocycles. The van der Waals surface area contributed by atoms with Gasteiger partial charge in [-0.05, 0) is 36.8 Å². The van der Waals surface area contributed by atoms with Crippen molar-refractivity contribution in [3.05, 3.63) is 65.2 Å². The molecule has 0 unspecified atom stereocenters. The summed E-state index contributed by atoms with van der Waals surface area (Å²) in [6.45, 7) is 1.79. The van der Waals surface area contributed by atoms with Crippen molar-refractivity contribution < 1.29 is 14.0 Å². The van der Waals surface area contributed by atoms with Gasteiger partial charge in [-0.1, -0.05) is 23.4 Å². The number of nitrogens with zero attached hydrogens (tertiary/aromatic N) is 2. The Morgan fingerprint density at radius 3 is 2.67 bits per heavy atom. The highest BCUT2D eigenvalue weighted by molar-refractivity contribution is 5.61. The number of aromatic hydroxyl groups is 1. The van der Waals surface area contributed by atoms with Crippen molar-refractivity contribution in [3.8, 4) is 17.2 Å². The predicted molar refractivity (Wildman–Crippen MR) is 75.3 cm³/mol. The van der Waals surface area contributed by atoms with Crippen molar-refractivity contribution in [3.63, 3.8) is 0 Å². The van der Waals surface area contributed by atoms with Gasteiger partial charge in [-0.3, -0.25) is 0 Å². The Morgan fingerprint density at radius 2 is 1.90 bits per heavy atom. The molecule has 4 nitrogen and oxygen atoms in total. The zero-order valence-corrected chi connectivity index (χ0v) is 11.4. The lowest BCUT2D eigenvalue weighted by molar-refractivity contribution is 0.422. The first kappa shape index (κ1) is 13.3. The van der Waals surface area contributed by atoms with E-state index in [1.54, 1.807) is 31.2 Å². The number of rotatable bonds is 3. The summed E-state index contributed by atoms with van der Waals surface area (Å²) in [5.41, 5.74) is 2.29. The summed E-state index contributed by atoms with van der Waals surface area (Å²) in [7, 11) is 0. The molecule has 1 aromatic heterocycles. The second-order valence-corrected chi connectivity index (χ2v) is 4.77. The lowest BCUT2D eigenvalue weighted by atomic mass is 10.1. The number of benzene rings is 2. The van der Waals surface area contributed by atoms with E-state index in [0.29, 0.717) is 29.3 Å². The maximum atomic E-state index is 12.9. The van der Waals surface area contributed by atoms with Gasteiger partial charge in [-0.25, -0.2) is 4.39 Å². The number of hydrogen-bond acceptors (Lipinski definition) is 4.